The van der Waals surface area contributed by atoms with Gasteiger partial charge in [-0.1, -0.05) is 6.07 Å². The Bertz CT molecular complexity index is 550. The van der Waals surface area contributed by atoms with E-state index in [-0.39, 0.29) is 17.6 Å². The van der Waals surface area contributed by atoms with Gasteiger partial charge in [-0.15, -0.1) is 0 Å². The number of esters is 1. The molecule has 0 saturated heterocycles. The highest BCUT2D eigenvalue weighted by atomic mass is 19.1. The lowest BCUT2D eigenvalue weighted by atomic mass is 10.1. The maximum atomic E-state index is 13.6. The van der Waals surface area contributed by atoms with Crippen LogP contribution in [0.1, 0.15) is 18.6 Å². The summed E-state index contributed by atoms with van der Waals surface area (Å²) in [5.41, 5.74) is 0.722. The molecule has 17 heavy (non-hydrogen) atoms. The number of aliphatic hydroxyl groups is 1. The zero-order chi connectivity index (χ0) is 12.4. The van der Waals surface area contributed by atoms with E-state index in [9.17, 15) is 14.3 Å². The molecule has 0 aliphatic heterocycles. The maximum absolute atomic E-state index is 13.6. The largest absolute Gasteiger partial charge is 0.464 e. The standard InChI is InChI=1S/C12H12FNO3/c1-2-17-12(16)11(15)7-6-14-9-5-3-4-8(13)10(7)9/h3-6,11,14-15H,2H2,1H3. The second-order valence-corrected chi connectivity index (χ2v) is 3.56. The summed E-state index contributed by atoms with van der Waals surface area (Å²) in [5, 5.41) is 9.99. The van der Waals surface area contributed by atoms with Gasteiger partial charge >= 0.3 is 5.97 Å². The second kappa shape index (κ2) is 4.55. The lowest BCUT2D eigenvalue weighted by Gasteiger charge is -2.08. The van der Waals surface area contributed by atoms with Crippen molar-refractivity contribution in [3.05, 3.63) is 35.8 Å². The Balaban J connectivity index is 2.45. The van der Waals surface area contributed by atoms with Gasteiger partial charge in [0, 0.05) is 22.7 Å². The van der Waals surface area contributed by atoms with E-state index in [0.29, 0.717) is 5.52 Å². The lowest BCUT2D eigenvalue weighted by molar-refractivity contribution is -0.153. The first-order valence-electron chi connectivity index (χ1n) is 5.25. The molecule has 2 aromatic rings. The van der Waals surface area contributed by atoms with Crippen molar-refractivity contribution < 1.29 is 19.0 Å². The Hall–Kier alpha value is -1.88. The minimum absolute atomic E-state index is 0.167. The van der Waals surface area contributed by atoms with Gasteiger partial charge in [-0.2, -0.15) is 0 Å². The van der Waals surface area contributed by atoms with Crippen molar-refractivity contribution in [3.63, 3.8) is 0 Å². The summed E-state index contributed by atoms with van der Waals surface area (Å²) in [6.45, 7) is 1.81. The van der Waals surface area contributed by atoms with Gasteiger partial charge in [-0.05, 0) is 19.1 Å². The molecule has 5 heteroatoms. The minimum Gasteiger partial charge on any atom is -0.464 e. The molecule has 2 rings (SSSR count). The molecule has 90 valence electrons. The zero-order valence-electron chi connectivity index (χ0n) is 9.24. The van der Waals surface area contributed by atoms with E-state index in [1.54, 1.807) is 19.1 Å². The Kier molecular flexibility index (Phi) is 3.10. The number of aromatic amines is 1. The molecular formula is C12H12FNO3. The summed E-state index contributed by atoms with van der Waals surface area (Å²) in [4.78, 5) is 14.2. The molecule has 0 radical (unpaired) electrons. The zero-order valence-corrected chi connectivity index (χ0v) is 9.24. The molecule has 0 saturated carbocycles. The molecule has 1 unspecified atom stereocenters. The van der Waals surface area contributed by atoms with Gasteiger partial charge in [-0.25, -0.2) is 9.18 Å². The number of fused-ring (bicyclic) bond motifs is 1. The summed E-state index contributed by atoms with van der Waals surface area (Å²) in [6.07, 6.45) is -0.0596. The van der Waals surface area contributed by atoms with Gasteiger partial charge in [-0.3, -0.25) is 0 Å². The monoisotopic (exact) mass is 237 g/mol. The number of halogens is 1. The average molecular weight is 237 g/mol. The van der Waals surface area contributed by atoms with Crippen LogP contribution >= 0.6 is 0 Å². The van der Waals surface area contributed by atoms with Crippen molar-refractivity contribution in [1.29, 1.82) is 0 Å². The molecular weight excluding hydrogens is 225 g/mol. The topological polar surface area (TPSA) is 62.3 Å². The minimum atomic E-state index is -1.47. The number of aliphatic hydroxyl groups excluding tert-OH is 1. The van der Waals surface area contributed by atoms with Crippen LogP contribution in [0.25, 0.3) is 10.9 Å². The predicted octanol–water partition coefficient (Wildman–Crippen LogP) is 1.90. The highest BCUT2D eigenvalue weighted by molar-refractivity contribution is 5.89. The van der Waals surface area contributed by atoms with Gasteiger partial charge in [0.15, 0.2) is 6.10 Å². The second-order valence-electron chi connectivity index (χ2n) is 3.56. The van der Waals surface area contributed by atoms with Crippen LogP contribution in [0.15, 0.2) is 24.4 Å². The summed E-state index contributed by atoms with van der Waals surface area (Å²) >= 11 is 0. The van der Waals surface area contributed by atoms with Gasteiger partial charge < -0.3 is 14.8 Å². The van der Waals surface area contributed by atoms with E-state index in [2.05, 4.69) is 4.98 Å². The van der Waals surface area contributed by atoms with E-state index in [1.807, 2.05) is 0 Å². The molecule has 0 bridgehead atoms. The van der Waals surface area contributed by atoms with E-state index in [4.69, 9.17) is 4.74 Å². The summed E-state index contributed by atoms with van der Waals surface area (Å²) < 4.78 is 18.3. The third kappa shape index (κ3) is 2.01. The van der Waals surface area contributed by atoms with Crippen LogP contribution in [-0.4, -0.2) is 22.7 Å². The Labute approximate surface area is 97.0 Å². The number of ether oxygens (including phenoxy) is 1. The molecule has 2 N–H and O–H groups in total. The van der Waals surface area contributed by atoms with Gasteiger partial charge in [0.05, 0.1) is 6.61 Å². The van der Waals surface area contributed by atoms with Crippen LogP contribution in [0.5, 0.6) is 0 Å². The molecule has 1 atom stereocenters. The lowest BCUT2D eigenvalue weighted by Crippen LogP contribution is -2.15. The SMILES string of the molecule is CCOC(=O)C(O)c1c[nH]c2cccc(F)c12. The molecule has 0 aliphatic rings. The number of H-pyrrole nitrogens is 1. The molecule has 0 fully saturated rings. The molecule has 0 aliphatic carbocycles. The fourth-order valence-electron chi connectivity index (χ4n) is 1.73. The van der Waals surface area contributed by atoms with E-state index >= 15 is 0 Å². The summed E-state index contributed by atoms with van der Waals surface area (Å²) in [7, 11) is 0. The number of hydrogen-bond donors (Lipinski definition) is 2. The number of carbonyl (C=O) groups excluding carboxylic acids is 1. The van der Waals surface area contributed by atoms with E-state index in [1.165, 1.54) is 12.3 Å². The van der Waals surface area contributed by atoms with Crippen molar-refractivity contribution >= 4 is 16.9 Å². The highest BCUT2D eigenvalue weighted by Crippen LogP contribution is 2.27. The molecule has 4 nitrogen and oxygen atoms in total. The van der Waals surface area contributed by atoms with Gasteiger partial charge in [0.1, 0.15) is 5.82 Å². The van der Waals surface area contributed by atoms with Crippen LogP contribution in [0.4, 0.5) is 4.39 Å². The number of nitrogens with one attached hydrogen (secondary N) is 1. The van der Waals surface area contributed by atoms with Crippen LogP contribution in [0.2, 0.25) is 0 Å². The van der Waals surface area contributed by atoms with Crippen LogP contribution < -0.4 is 0 Å². The number of aromatic nitrogens is 1. The first-order valence-corrected chi connectivity index (χ1v) is 5.25. The fourth-order valence-corrected chi connectivity index (χ4v) is 1.73. The van der Waals surface area contributed by atoms with Crippen molar-refractivity contribution in [2.75, 3.05) is 6.61 Å². The van der Waals surface area contributed by atoms with E-state index < -0.39 is 17.9 Å². The third-order valence-electron chi connectivity index (χ3n) is 2.49. The third-order valence-corrected chi connectivity index (χ3v) is 2.49. The molecule has 1 aromatic carbocycles. The van der Waals surface area contributed by atoms with E-state index in [0.717, 1.165) is 0 Å². The molecule has 0 spiro atoms. The molecule has 1 aromatic heterocycles. The van der Waals surface area contributed by atoms with Crippen molar-refractivity contribution in [3.8, 4) is 0 Å². The van der Waals surface area contributed by atoms with Gasteiger partial charge in [0.2, 0.25) is 0 Å². The van der Waals surface area contributed by atoms with Crippen molar-refractivity contribution in [1.82, 2.24) is 4.98 Å². The molecule has 1 heterocycles. The van der Waals surface area contributed by atoms with Crippen LogP contribution in [-0.2, 0) is 9.53 Å². The predicted molar refractivity (Wildman–Crippen MR) is 59.8 cm³/mol. The number of hydrogen-bond acceptors (Lipinski definition) is 3. The number of rotatable bonds is 3. The Morgan fingerprint density at radius 1 is 1.59 bits per heavy atom. The molecule has 0 amide bonds. The highest BCUT2D eigenvalue weighted by Gasteiger charge is 2.23. The first kappa shape index (κ1) is 11.6. The number of benzene rings is 1. The van der Waals surface area contributed by atoms with Crippen molar-refractivity contribution in [2.45, 2.75) is 13.0 Å². The van der Waals surface area contributed by atoms with Crippen LogP contribution in [0, 0.1) is 5.82 Å². The normalized spacial score (nSPS) is 12.6. The smallest absolute Gasteiger partial charge is 0.339 e. The Morgan fingerprint density at radius 3 is 3.06 bits per heavy atom. The van der Waals surface area contributed by atoms with Crippen LogP contribution in [0.3, 0.4) is 0 Å². The fraction of sp³-hybridized carbons (Fsp3) is 0.250. The average Bonchev–Trinajstić information content (AvgIpc) is 2.73. The maximum Gasteiger partial charge on any atom is 0.339 e. The first-order chi connectivity index (χ1) is 8.15. The van der Waals surface area contributed by atoms with Crippen molar-refractivity contribution in [2.24, 2.45) is 0 Å². The summed E-state index contributed by atoms with van der Waals surface area (Å²) in [6, 6.07) is 4.49. The summed E-state index contributed by atoms with van der Waals surface area (Å²) in [5.74, 6) is -1.27. The number of carbonyl (C=O) groups is 1. The van der Waals surface area contributed by atoms with Gasteiger partial charge in [0.25, 0.3) is 0 Å². The quantitative estimate of drug-likeness (QED) is 0.801. The Morgan fingerprint density at radius 2 is 2.35 bits per heavy atom.